The fourth-order valence-corrected chi connectivity index (χ4v) is 2.97. The van der Waals surface area contributed by atoms with Gasteiger partial charge in [0.2, 0.25) is 5.69 Å². The molecule has 100 valence electrons. The van der Waals surface area contributed by atoms with Crippen molar-refractivity contribution in [3.05, 3.63) is 78.5 Å². The summed E-state index contributed by atoms with van der Waals surface area (Å²) in [6, 6.07) is 23.6. The molecule has 1 N–H and O–H groups in total. The van der Waals surface area contributed by atoms with Gasteiger partial charge < -0.3 is 0 Å². The Balaban J connectivity index is 2.06. The van der Waals surface area contributed by atoms with Gasteiger partial charge in [0.05, 0.1) is 0 Å². The molecule has 0 aliphatic heterocycles. The number of hydrogen-bond acceptors (Lipinski definition) is 0. The Labute approximate surface area is 123 Å². The summed E-state index contributed by atoms with van der Waals surface area (Å²) in [7, 11) is 0. The van der Waals surface area contributed by atoms with Crippen molar-refractivity contribution in [2.45, 2.75) is 6.92 Å². The van der Waals surface area contributed by atoms with Crippen LogP contribution >= 0.6 is 0 Å². The van der Waals surface area contributed by atoms with Crippen molar-refractivity contribution in [2.75, 3.05) is 0 Å². The number of rotatable bonds is 1. The Morgan fingerprint density at radius 1 is 0.714 bits per heavy atom. The molecule has 0 fully saturated rings. The van der Waals surface area contributed by atoms with Crippen LogP contribution in [-0.2, 0) is 0 Å². The van der Waals surface area contributed by atoms with Crippen LogP contribution in [0.5, 0.6) is 0 Å². The Bertz CT molecular complexity index is 940. The molecular formula is C20H16N+. The lowest BCUT2D eigenvalue weighted by molar-refractivity contribution is -0.362. The summed E-state index contributed by atoms with van der Waals surface area (Å²) in [4.78, 5) is 3.41. The number of fused-ring (bicyclic) bond motifs is 3. The van der Waals surface area contributed by atoms with Gasteiger partial charge in [0, 0.05) is 22.4 Å². The smallest absolute Gasteiger partial charge is 0.210 e. The molecule has 4 aromatic rings. The van der Waals surface area contributed by atoms with Gasteiger partial charge in [-0.05, 0) is 41.5 Å². The highest BCUT2D eigenvalue weighted by Crippen LogP contribution is 2.28. The van der Waals surface area contributed by atoms with Crippen LogP contribution in [0.25, 0.3) is 32.8 Å². The SMILES string of the molecule is Cc1cccc2c1ccc1c[nH+]c(-c3ccccc3)cc12. The summed E-state index contributed by atoms with van der Waals surface area (Å²) in [5, 5.41) is 5.19. The summed E-state index contributed by atoms with van der Waals surface area (Å²) < 4.78 is 0. The molecule has 21 heavy (non-hydrogen) atoms. The molecule has 3 aromatic carbocycles. The van der Waals surface area contributed by atoms with Gasteiger partial charge in [-0.3, -0.25) is 0 Å². The van der Waals surface area contributed by atoms with E-state index in [2.05, 4.69) is 78.8 Å². The van der Waals surface area contributed by atoms with Gasteiger partial charge in [-0.1, -0.05) is 42.5 Å². The third-order valence-electron chi connectivity index (χ3n) is 4.11. The zero-order chi connectivity index (χ0) is 14.2. The summed E-state index contributed by atoms with van der Waals surface area (Å²) in [6.45, 7) is 2.17. The minimum absolute atomic E-state index is 1.15. The third-order valence-corrected chi connectivity index (χ3v) is 4.11. The van der Waals surface area contributed by atoms with Crippen LogP contribution in [0, 0.1) is 6.92 Å². The summed E-state index contributed by atoms with van der Waals surface area (Å²) >= 11 is 0. The molecule has 1 heteroatoms. The topological polar surface area (TPSA) is 14.1 Å². The minimum Gasteiger partial charge on any atom is -0.210 e. The van der Waals surface area contributed by atoms with Crippen LogP contribution in [0.2, 0.25) is 0 Å². The molecule has 0 amide bonds. The molecule has 0 spiro atoms. The molecule has 0 saturated carbocycles. The van der Waals surface area contributed by atoms with Gasteiger partial charge in [-0.15, -0.1) is 0 Å². The molecule has 0 saturated heterocycles. The van der Waals surface area contributed by atoms with Gasteiger partial charge in [0.1, 0.15) is 0 Å². The average molecular weight is 270 g/mol. The number of pyridine rings is 1. The molecular weight excluding hydrogens is 254 g/mol. The van der Waals surface area contributed by atoms with Crippen molar-refractivity contribution in [1.82, 2.24) is 0 Å². The summed E-state index contributed by atoms with van der Waals surface area (Å²) in [5.74, 6) is 0. The number of aromatic nitrogens is 1. The lowest BCUT2D eigenvalue weighted by atomic mass is 9.99. The normalized spacial score (nSPS) is 11.1. The largest absolute Gasteiger partial charge is 0.211 e. The zero-order valence-corrected chi connectivity index (χ0v) is 11.9. The highest BCUT2D eigenvalue weighted by Gasteiger charge is 2.09. The Morgan fingerprint density at radius 2 is 1.57 bits per heavy atom. The van der Waals surface area contributed by atoms with Gasteiger partial charge in [-0.25, -0.2) is 4.98 Å². The first-order chi connectivity index (χ1) is 10.3. The second-order valence-electron chi connectivity index (χ2n) is 5.45. The molecule has 0 radical (unpaired) electrons. The number of nitrogens with one attached hydrogen (secondary N) is 1. The first-order valence-electron chi connectivity index (χ1n) is 7.22. The summed E-state index contributed by atoms with van der Waals surface area (Å²) in [6.07, 6.45) is 2.10. The van der Waals surface area contributed by atoms with Crippen LogP contribution in [0.3, 0.4) is 0 Å². The van der Waals surface area contributed by atoms with E-state index in [-0.39, 0.29) is 0 Å². The predicted molar refractivity (Wildman–Crippen MR) is 88.2 cm³/mol. The van der Waals surface area contributed by atoms with E-state index in [1.54, 1.807) is 0 Å². The van der Waals surface area contributed by atoms with Crippen LogP contribution in [0.1, 0.15) is 5.56 Å². The number of H-pyrrole nitrogens is 1. The molecule has 0 bridgehead atoms. The van der Waals surface area contributed by atoms with E-state index in [1.165, 1.54) is 32.7 Å². The average Bonchev–Trinajstić information content (AvgIpc) is 2.55. The first kappa shape index (κ1) is 12.1. The van der Waals surface area contributed by atoms with E-state index in [1.807, 2.05) is 6.07 Å². The summed E-state index contributed by atoms with van der Waals surface area (Å²) in [5.41, 5.74) is 3.68. The Hall–Kier alpha value is -2.67. The van der Waals surface area contributed by atoms with E-state index in [9.17, 15) is 0 Å². The van der Waals surface area contributed by atoms with Gasteiger partial charge in [0.15, 0.2) is 6.20 Å². The van der Waals surface area contributed by atoms with Gasteiger partial charge >= 0.3 is 0 Å². The highest BCUT2D eigenvalue weighted by atomic mass is 14.7. The predicted octanol–water partition coefficient (Wildman–Crippen LogP) is 4.78. The molecule has 0 unspecified atom stereocenters. The van der Waals surface area contributed by atoms with Gasteiger partial charge in [-0.2, -0.15) is 0 Å². The minimum atomic E-state index is 1.15. The van der Waals surface area contributed by atoms with E-state index in [0.29, 0.717) is 0 Å². The van der Waals surface area contributed by atoms with E-state index < -0.39 is 0 Å². The van der Waals surface area contributed by atoms with E-state index in [0.717, 1.165) is 5.69 Å². The number of aromatic amines is 1. The van der Waals surface area contributed by atoms with Crippen LogP contribution in [0.4, 0.5) is 0 Å². The molecule has 4 rings (SSSR count). The molecule has 1 nitrogen and oxygen atoms in total. The van der Waals surface area contributed by atoms with Crippen molar-refractivity contribution in [1.29, 1.82) is 0 Å². The molecule has 1 aromatic heterocycles. The standard InChI is InChI=1S/C20H15N/c1-14-6-5-9-18-17(14)11-10-16-13-21-20(12-19(16)18)15-7-3-2-4-8-15/h2-13H,1H3/p+1. The van der Waals surface area contributed by atoms with Crippen LogP contribution in [-0.4, -0.2) is 0 Å². The fraction of sp³-hybridized carbons (Fsp3) is 0.0500. The van der Waals surface area contributed by atoms with Crippen molar-refractivity contribution in [3.8, 4) is 11.3 Å². The maximum Gasteiger partial charge on any atom is 0.211 e. The monoisotopic (exact) mass is 270 g/mol. The van der Waals surface area contributed by atoms with Crippen molar-refractivity contribution >= 4 is 21.5 Å². The molecule has 0 atom stereocenters. The maximum atomic E-state index is 3.41. The highest BCUT2D eigenvalue weighted by molar-refractivity contribution is 6.08. The Morgan fingerprint density at radius 3 is 2.43 bits per heavy atom. The second-order valence-corrected chi connectivity index (χ2v) is 5.45. The zero-order valence-electron chi connectivity index (χ0n) is 11.9. The van der Waals surface area contributed by atoms with Crippen LogP contribution < -0.4 is 4.98 Å². The Kier molecular flexibility index (Phi) is 2.71. The number of aryl methyl sites for hydroxylation is 1. The number of benzene rings is 3. The lowest BCUT2D eigenvalue weighted by Gasteiger charge is -2.05. The molecule has 1 heterocycles. The van der Waals surface area contributed by atoms with Crippen molar-refractivity contribution < 1.29 is 4.98 Å². The molecule has 0 aliphatic carbocycles. The second kappa shape index (κ2) is 4.71. The number of hydrogen-bond donors (Lipinski definition) is 0. The van der Waals surface area contributed by atoms with Crippen molar-refractivity contribution in [3.63, 3.8) is 0 Å². The quantitative estimate of drug-likeness (QED) is 0.442. The molecule has 0 aliphatic rings. The van der Waals surface area contributed by atoms with Crippen molar-refractivity contribution in [2.24, 2.45) is 0 Å². The maximum absolute atomic E-state index is 3.41. The third kappa shape index (κ3) is 1.98. The lowest BCUT2D eigenvalue weighted by Crippen LogP contribution is -2.05. The van der Waals surface area contributed by atoms with E-state index in [4.69, 9.17) is 0 Å². The fourth-order valence-electron chi connectivity index (χ4n) is 2.97. The first-order valence-corrected chi connectivity index (χ1v) is 7.22. The van der Waals surface area contributed by atoms with Gasteiger partial charge in [0.25, 0.3) is 0 Å². The van der Waals surface area contributed by atoms with E-state index >= 15 is 0 Å². The van der Waals surface area contributed by atoms with Crippen LogP contribution in [0.15, 0.2) is 72.9 Å².